The SMILES string of the molecule is CC(C)C(C)NC(=O)COCC1CNCC(C)(C)O1. The molecular formula is C14H28N2O3. The van der Waals surface area contributed by atoms with Crippen molar-refractivity contribution in [1.29, 1.82) is 0 Å². The van der Waals surface area contributed by atoms with Gasteiger partial charge in [-0.3, -0.25) is 4.79 Å². The highest BCUT2D eigenvalue weighted by Gasteiger charge is 2.28. The molecule has 2 N–H and O–H groups in total. The molecular weight excluding hydrogens is 244 g/mol. The van der Waals surface area contributed by atoms with E-state index in [0.29, 0.717) is 12.5 Å². The second-order valence-electron chi connectivity index (χ2n) is 6.25. The zero-order chi connectivity index (χ0) is 14.5. The van der Waals surface area contributed by atoms with Crippen molar-refractivity contribution in [3.05, 3.63) is 0 Å². The first kappa shape index (κ1) is 16.4. The molecule has 1 aliphatic rings. The zero-order valence-corrected chi connectivity index (χ0v) is 12.8. The Bertz CT molecular complexity index is 292. The van der Waals surface area contributed by atoms with Gasteiger partial charge in [-0.1, -0.05) is 13.8 Å². The summed E-state index contributed by atoms with van der Waals surface area (Å²) in [5, 5.41) is 6.22. The summed E-state index contributed by atoms with van der Waals surface area (Å²) < 4.78 is 11.3. The van der Waals surface area contributed by atoms with Crippen LogP contribution in [0.1, 0.15) is 34.6 Å². The van der Waals surface area contributed by atoms with Gasteiger partial charge in [0, 0.05) is 19.1 Å². The molecule has 0 spiro atoms. The zero-order valence-electron chi connectivity index (χ0n) is 12.8. The average Bonchev–Trinajstić information content (AvgIpc) is 2.27. The lowest BCUT2D eigenvalue weighted by Crippen LogP contribution is -2.52. The number of amides is 1. The van der Waals surface area contributed by atoms with Gasteiger partial charge in [-0.25, -0.2) is 0 Å². The van der Waals surface area contributed by atoms with E-state index in [0.717, 1.165) is 13.1 Å². The van der Waals surface area contributed by atoms with Gasteiger partial charge >= 0.3 is 0 Å². The van der Waals surface area contributed by atoms with Crippen LogP contribution in [-0.4, -0.2) is 50.0 Å². The first-order chi connectivity index (χ1) is 8.80. The Hall–Kier alpha value is -0.650. The van der Waals surface area contributed by atoms with Gasteiger partial charge in [0.05, 0.1) is 18.3 Å². The van der Waals surface area contributed by atoms with Gasteiger partial charge in [-0.15, -0.1) is 0 Å². The highest BCUT2D eigenvalue weighted by molar-refractivity contribution is 5.77. The van der Waals surface area contributed by atoms with E-state index in [2.05, 4.69) is 24.5 Å². The van der Waals surface area contributed by atoms with Crippen molar-refractivity contribution in [2.24, 2.45) is 5.92 Å². The molecule has 0 aliphatic carbocycles. The Balaban J connectivity index is 2.18. The third-order valence-corrected chi connectivity index (χ3v) is 3.33. The Morgan fingerprint density at radius 3 is 2.74 bits per heavy atom. The lowest BCUT2D eigenvalue weighted by atomic mass is 10.1. The minimum absolute atomic E-state index is 0.0130. The van der Waals surface area contributed by atoms with Crippen molar-refractivity contribution in [2.75, 3.05) is 26.3 Å². The molecule has 1 amide bonds. The van der Waals surface area contributed by atoms with Crippen molar-refractivity contribution in [3.63, 3.8) is 0 Å². The number of morpholine rings is 1. The summed E-state index contributed by atoms with van der Waals surface area (Å²) in [7, 11) is 0. The monoisotopic (exact) mass is 272 g/mol. The molecule has 0 aromatic heterocycles. The Morgan fingerprint density at radius 2 is 2.16 bits per heavy atom. The second-order valence-corrected chi connectivity index (χ2v) is 6.25. The smallest absolute Gasteiger partial charge is 0.246 e. The Kier molecular flexibility index (Phi) is 6.23. The fourth-order valence-corrected chi connectivity index (χ4v) is 1.91. The molecule has 19 heavy (non-hydrogen) atoms. The van der Waals surface area contributed by atoms with Crippen LogP contribution in [0.3, 0.4) is 0 Å². The van der Waals surface area contributed by atoms with Gasteiger partial charge < -0.3 is 20.1 Å². The van der Waals surface area contributed by atoms with E-state index in [4.69, 9.17) is 9.47 Å². The first-order valence-electron chi connectivity index (χ1n) is 7.06. The van der Waals surface area contributed by atoms with Crippen LogP contribution in [0.5, 0.6) is 0 Å². The summed E-state index contributed by atoms with van der Waals surface area (Å²) in [5.74, 6) is 0.361. The molecule has 0 saturated carbocycles. The maximum atomic E-state index is 11.6. The third kappa shape index (κ3) is 6.36. The van der Waals surface area contributed by atoms with E-state index in [1.807, 2.05) is 20.8 Å². The first-order valence-corrected chi connectivity index (χ1v) is 7.06. The largest absolute Gasteiger partial charge is 0.369 e. The molecule has 112 valence electrons. The van der Waals surface area contributed by atoms with Crippen LogP contribution in [0.2, 0.25) is 0 Å². The number of ether oxygens (including phenoxy) is 2. The molecule has 2 atom stereocenters. The van der Waals surface area contributed by atoms with E-state index < -0.39 is 0 Å². The van der Waals surface area contributed by atoms with Gasteiger partial charge in [-0.05, 0) is 26.7 Å². The number of hydrogen-bond acceptors (Lipinski definition) is 4. The van der Waals surface area contributed by atoms with Crippen molar-refractivity contribution in [2.45, 2.75) is 52.4 Å². The van der Waals surface area contributed by atoms with Crippen LogP contribution in [-0.2, 0) is 14.3 Å². The van der Waals surface area contributed by atoms with Crippen LogP contribution in [0.4, 0.5) is 0 Å². The quantitative estimate of drug-likeness (QED) is 0.755. The molecule has 1 fully saturated rings. The highest BCUT2D eigenvalue weighted by atomic mass is 16.5. The van der Waals surface area contributed by atoms with Crippen molar-refractivity contribution in [1.82, 2.24) is 10.6 Å². The van der Waals surface area contributed by atoms with Crippen LogP contribution < -0.4 is 10.6 Å². The topological polar surface area (TPSA) is 59.6 Å². The van der Waals surface area contributed by atoms with Crippen molar-refractivity contribution in [3.8, 4) is 0 Å². The number of hydrogen-bond donors (Lipinski definition) is 2. The average molecular weight is 272 g/mol. The van der Waals surface area contributed by atoms with Gasteiger partial charge in [0.1, 0.15) is 6.61 Å². The van der Waals surface area contributed by atoms with Gasteiger partial charge in [-0.2, -0.15) is 0 Å². The van der Waals surface area contributed by atoms with Gasteiger partial charge in [0.15, 0.2) is 0 Å². The molecule has 0 aromatic rings. The van der Waals surface area contributed by atoms with Crippen molar-refractivity contribution >= 4 is 5.91 Å². The van der Waals surface area contributed by atoms with Crippen LogP contribution in [0.15, 0.2) is 0 Å². The summed E-state index contributed by atoms with van der Waals surface area (Å²) in [6.07, 6.45) is 0.0130. The molecule has 0 aromatic carbocycles. The van der Waals surface area contributed by atoms with Gasteiger partial charge in [0.25, 0.3) is 0 Å². The minimum atomic E-state index is -0.166. The summed E-state index contributed by atoms with van der Waals surface area (Å²) in [5.41, 5.74) is -0.166. The predicted molar refractivity (Wildman–Crippen MR) is 75.1 cm³/mol. The van der Waals surface area contributed by atoms with E-state index >= 15 is 0 Å². The molecule has 5 nitrogen and oxygen atoms in total. The fourth-order valence-electron chi connectivity index (χ4n) is 1.91. The predicted octanol–water partition coefficient (Wildman–Crippen LogP) is 0.931. The number of carbonyl (C=O) groups excluding carboxylic acids is 1. The molecule has 1 rings (SSSR count). The normalized spacial score (nSPS) is 24.2. The van der Waals surface area contributed by atoms with Gasteiger partial charge in [0.2, 0.25) is 5.91 Å². The highest BCUT2D eigenvalue weighted by Crippen LogP contribution is 2.15. The molecule has 1 saturated heterocycles. The van der Waals surface area contributed by atoms with Crippen LogP contribution in [0, 0.1) is 5.92 Å². The Labute approximate surface area is 116 Å². The Morgan fingerprint density at radius 1 is 1.47 bits per heavy atom. The molecule has 5 heteroatoms. The maximum Gasteiger partial charge on any atom is 0.246 e. The maximum absolute atomic E-state index is 11.6. The van der Waals surface area contributed by atoms with Crippen LogP contribution >= 0.6 is 0 Å². The van der Waals surface area contributed by atoms with E-state index in [-0.39, 0.29) is 30.3 Å². The number of nitrogens with one attached hydrogen (secondary N) is 2. The lowest BCUT2D eigenvalue weighted by molar-refractivity contribution is -0.136. The molecule has 1 heterocycles. The third-order valence-electron chi connectivity index (χ3n) is 3.33. The summed E-state index contributed by atoms with van der Waals surface area (Å²) >= 11 is 0. The molecule has 2 unspecified atom stereocenters. The molecule has 0 radical (unpaired) electrons. The van der Waals surface area contributed by atoms with E-state index in [1.54, 1.807) is 0 Å². The van der Waals surface area contributed by atoms with Crippen LogP contribution in [0.25, 0.3) is 0 Å². The lowest BCUT2D eigenvalue weighted by Gasteiger charge is -2.36. The summed E-state index contributed by atoms with van der Waals surface area (Å²) in [6, 6.07) is 0.169. The second kappa shape index (κ2) is 7.22. The van der Waals surface area contributed by atoms with Crippen molar-refractivity contribution < 1.29 is 14.3 Å². The number of rotatable bonds is 6. The van der Waals surface area contributed by atoms with E-state index in [9.17, 15) is 4.79 Å². The molecule has 1 aliphatic heterocycles. The standard InChI is InChI=1S/C14H28N2O3/c1-10(2)11(3)16-13(17)8-18-7-12-6-15-9-14(4,5)19-12/h10-12,15H,6-9H2,1-5H3,(H,16,17). The summed E-state index contributed by atoms with van der Waals surface area (Å²) in [4.78, 5) is 11.6. The molecule has 0 bridgehead atoms. The fraction of sp³-hybridized carbons (Fsp3) is 0.929. The number of carbonyl (C=O) groups is 1. The minimum Gasteiger partial charge on any atom is -0.369 e. The van der Waals surface area contributed by atoms with E-state index in [1.165, 1.54) is 0 Å². The summed E-state index contributed by atoms with van der Waals surface area (Å²) in [6.45, 7) is 12.4.